The molecule has 0 atom stereocenters. The van der Waals surface area contributed by atoms with Gasteiger partial charge >= 0.3 is 0 Å². The Morgan fingerprint density at radius 3 is 2.57 bits per heavy atom. The Balaban J connectivity index is 1.83. The van der Waals surface area contributed by atoms with Gasteiger partial charge in [-0.25, -0.2) is 0 Å². The maximum absolute atomic E-state index is 12.7. The average molecular weight is 445 g/mol. The minimum absolute atomic E-state index is 0.0960. The van der Waals surface area contributed by atoms with Gasteiger partial charge in [-0.2, -0.15) is 5.01 Å². The van der Waals surface area contributed by atoms with Gasteiger partial charge < -0.3 is 9.47 Å². The van der Waals surface area contributed by atoms with Crippen LogP contribution in [0.3, 0.4) is 0 Å². The summed E-state index contributed by atoms with van der Waals surface area (Å²) in [6.45, 7) is 0. The van der Waals surface area contributed by atoms with Crippen LogP contribution in [-0.4, -0.2) is 40.3 Å². The van der Waals surface area contributed by atoms with Gasteiger partial charge in [-0.15, -0.1) is 0 Å². The van der Waals surface area contributed by atoms with Crippen LogP contribution in [0.15, 0.2) is 47.4 Å². The van der Waals surface area contributed by atoms with Crippen LogP contribution >= 0.6 is 24.0 Å². The molecule has 2 aromatic carbocycles. The number of hydrogen-bond donors (Lipinski definition) is 1. The van der Waals surface area contributed by atoms with Gasteiger partial charge in [0.2, 0.25) is 0 Å². The molecule has 2 aromatic rings. The average Bonchev–Trinajstić information content (AvgIpc) is 3.00. The van der Waals surface area contributed by atoms with Crippen LogP contribution < -0.4 is 14.9 Å². The van der Waals surface area contributed by atoms with Gasteiger partial charge in [-0.3, -0.25) is 25.1 Å². The first-order chi connectivity index (χ1) is 14.3. The normalized spacial score (nSPS) is 14.7. The van der Waals surface area contributed by atoms with Gasteiger partial charge in [-0.05, 0) is 42.1 Å². The molecule has 1 fully saturated rings. The van der Waals surface area contributed by atoms with Crippen LogP contribution in [0, 0.1) is 10.1 Å². The second kappa shape index (κ2) is 8.93. The first-order valence-electron chi connectivity index (χ1n) is 8.40. The molecule has 1 saturated heterocycles. The summed E-state index contributed by atoms with van der Waals surface area (Å²) in [6, 6.07) is 10.6. The predicted octanol–water partition coefficient (Wildman–Crippen LogP) is 3.16. The van der Waals surface area contributed by atoms with Gasteiger partial charge in [0.05, 0.1) is 24.0 Å². The summed E-state index contributed by atoms with van der Waals surface area (Å²) < 4.78 is 10.5. The standard InChI is InChI=1S/C19H15N3O6S2/c1-27-14-8-7-11(9-15(14)28-2)10-16-18(24)21(19(29)30-16)20-17(23)12-5-3-4-6-13(12)22(25)26/h3-10H,1-2H3,(H,20,23)/b16-10-. The fourth-order valence-corrected chi connectivity index (χ4v) is 3.82. The summed E-state index contributed by atoms with van der Waals surface area (Å²) in [5.41, 5.74) is 2.45. The number of thiocarbonyl (C=S) groups is 1. The number of ether oxygens (including phenoxy) is 2. The number of amides is 2. The van der Waals surface area contributed by atoms with E-state index in [4.69, 9.17) is 21.7 Å². The summed E-state index contributed by atoms with van der Waals surface area (Å²) in [5.74, 6) is -0.331. The van der Waals surface area contributed by atoms with Crippen molar-refractivity contribution in [3.05, 3.63) is 68.6 Å². The summed E-state index contributed by atoms with van der Waals surface area (Å²) in [5, 5.41) is 12.0. The number of nitrogens with zero attached hydrogens (tertiary/aromatic N) is 2. The molecule has 0 unspecified atom stereocenters. The molecule has 9 nitrogen and oxygen atoms in total. The molecule has 2 amide bonds. The number of nitro groups is 1. The zero-order chi connectivity index (χ0) is 21.8. The molecule has 30 heavy (non-hydrogen) atoms. The number of carbonyl (C=O) groups is 2. The van der Waals surface area contributed by atoms with E-state index in [9.17, 15) is 19.7 Å². The van der Waals surface area contributed by atoms with E-state index in [1.54, 1.807) is 24.3 Å². The molecule has 0 saturated carbocycles. The minimum atomic E-state index is -0.814. The van der Waals surface area contributed by atoms with Gasteiger partial charge in [0.25, 0.3) is 17.5 Å². The lowest BCUT2D eigenvalue weighted by atomic mass is 10.1. The molecule has 1 N–H and O–H groups in total. The van der Waals surface area contributed by atoms with Crippen LogP contribution in [0.25, 0.3) is 6.08 Å². The van der Waals surface area contributed by atoms with E-state index >= 15 is 0 Å². The number of para-hydroxylation sites is 1. The Kier molecular flexibility index (Phi) is 6.33. The molecule has 0 aliphatic carbocycles. The number of benzene rings is 2. The van der Waals surface area contributed by atoms with Crippen molar-refractivity contribution in [1.29, 1.82) is 0 Å². The van der Waals surface area contributed by atoms with Crippen molar-refractivity contribution in [3.63, 3.8) is 0 Å². The lowest BCUT2D eigenvalue weighted by Gasteiger charge is -2.15. The Labute approximate surface area is 180 Å². The van der Waals surface area contributed by atoms with E-state index in [-0.39, 0.29) is 20.5 Å². The van der Waals surface area contributed by atoms with E-state index in [1.807, 2.05) is 0 Å². The predicted molar refractivity (Wildman–Crippen MR) is 115 cm³/mol. The molecule has 11 heteroatoms. The van der Waals surface area contributed by atoms with Crippen molar-refractivity contribution in [1.82, 2.24) is 10.4 Å². The third kappa shape index (κ3) is 4.26. The largest absolute Gasteiger partial charge is 0.493 e. The molecule has 0 aromatic heterocycles. The molecule has 1 aliphatic heterocycles. The van der Waals surface area contributed by atoms with Crippen LogP contribution in [0.5, 0.6) is 11.5 Å². The van der Waals surface area contributed by atoms with Gasteiger partial charge in [0.1, 0.15) is 5.56 Å². The van der Waals surface area contributed by atoms with Crippen LogP contribution in [0.2, 0.25) is 0 Å². The van der Waals surface area contributed by atoms with E-state index < -0.39 is 16.7 Å². The Bertz CT molecular complexity index is 1090. The molecular formula is C19H15N3O6S2. The number of nitrogens with one attached hydrogen (secondary N) is 1. The summed E-state index contributed by atoms with van der Waals surface area (Å²) in [4.78, 5) is 36.0. The maximum Gasteiger partial charge on any atom is 0.285 e. The lowest BCUT2D eigenvalue weighted by Crippen LogP contribution is -2.45. The second-order valence-electron chi connectivity index (χ2n) is 5.85. The highest BCUT2D eigenvalue weighted by atomic mass is 32.2. The molecular weight excluding hydrogens is 430 g/mol. The number of hydrogen-bond acceptors (Lipinski definition) is 8. The quantitative estimate of drug-likeness (QED) is 0.312. The fraction of sp³-hybridized carbons (Fsp3) is 0.105. The highest BCUT2D eigenvalue weighted by Crippen LogP contribution is 2.34. The highest BCUT2D eigenvalue weighted by molar-refractivity contribution is 8.26. The maximum atomic E-state index is 12.7. The Morgan fingerprint density at radius 2 is 1.90 bits per heavy atom. The molecule has 1 aliphatic rings. The van der Waals surface area contributed by atoms with Gasteiger partial charge in [-0.1, -0.05) is 30.0 Å². The third-order valence-corrected chi connectivity index (χ3v) is 5.36. The van der Waals surface area contributed by atoms with Crippen molar-refractivity contribution in [2.75, 3.05) is 14.2 Å². The van der Waals surface area contributed by atoms with Crippen molar-refractivity contribution >= 4 is 51.9 Å². The molecule has 0 radical (unpaired) electrons. The third-order valence-electron chi connectivity index (χ3n) is 4.06. The molecule has 3 rings (SSSR count). The monoisotopic (exact) mass is 445 g/mol. The van der Waals surface area contributed by atoms with E-state index in [0.29, 0.717) is 17.1 Å². The molecule has 154 valence electrons. The number of nitro benzene ring substituents is 1. The van der Waals surface area contributed by atoms with Crippen molar-refractivity contribution in [3.8, 4) is 11.5 Å². The van der Waals surface area contributed by atoms with Gasteiger partial charge in [0, 0.05) is 6.07 Å². The Hall–Kier alpha value is -3.44. The first-order valence-corrected chi connectivity index (χ1v) is 9.62. The fourth-order valence-electron chi connectivity index (χ4n) is 2.64. The van der Waals surface area contributed by atoms with Crippen LogP contribution in [0.4, 0.5) is 5.69 Å². The van der Waals surface area contributed by atoms with Crippen molar-refractivity contribution < 1.29 is 24.0 Å². The smallest absolute Gasteiger partial charge is 0.285 e. The topological polar surface area (TPSA) is 111 Å². The Morgan fingerprint density at radius 1 is 1.20 bits per heavy atom. The minimum Gasteiger partial charge on any atom is -0.493 e. The van der Waals surface area contributed by atoms with Crippen LogP contribution in [-0.2, 0) is 4.79 Å². The van der Waals surface area contributed by atoms with E-state index in [0.717, 1.165) is 16.8 Å². The van der Waals surface area contributed by atoms with E-state index in [2.05, 4.69) is 5.43 Å². The molecule has 0 spiro atoms. The highest BCUT2D eigenvalue weighted by Gasteiger charge is 2.34. The summed E-state index contributed by atoms with van der Waals surface area (Å²) in [6.07, 6.45) is 1.60. The molecule has 1 heterocycles. The number of thioether (sulfide) groups is 1. The van der Waals surface area contributed by atoms with Gasteiger partial charge in [0.15, 0.2) is 15.8 Å². The number of methoxy groups -OCH3 is 2. The summed E-state index contributed by atoms with van der Waals surface area (Å²) >= 11 is 6.18. The van der Waals surface area contributed by atoms with Crippen LogP contribution in [0.1, 0.15) is 15.9 Å². The molecule has 0 bridgehead atoms. The second-order valence-corrected chi connectivity index (χ2v) is 7.52. The number of rotatable bonds is 6. The lowest BCUT2D eigenvalue weighted by molar-refractivity contribution is -0.385. The zero-order valence-electron chi connectivity index (χ0n) is 15.8. The number of hydrazine groups is 1. The van der Waals surface area contributed by atoms with Crippen molar-refractivity contribution in [2.24, 2.45) is 0 Å². The zero-order valence-corrected chi connectivity index (χ0v) is 17.4. The number of carbonyl (C=O) groups excluding carboxylic acids is 2. The van der Waals surface area contributed by atoms with E-state index in [1.165, 1.54) is 38.5 Å². The first kappa shape index (κ1) is 21.3. The SMILES string of the molecule is COc1ccc(/C=C2\SC(=S)N(NC(=O)c3ccccc3[N+](=O)[O-])C2=O)cc1OC. The van der Waals surface area contributed by atoms with Crippen molar-refractivity contribution in [2.45, 2.75) is 0 Å². The summed E-state index contributed by atoms with van der Waals surface area (Å²) in [7, 11) is 3.02.